The normalized spacial score (nSPS) is 16.0. The molecule has 1 unspecified atom stereocenters. The first-order valence-electron chi connectivity index (χ1n) is 9.87. The van der Waals surface area contributed by atoms with Gasteiger partial charge in [0.2, 0.25) is 5.91 Å². The van der Waals surface area contributed by atoms with Crippen LogP contribution >= 0.6 is 0 Å². The molecule has 0 bridgehead atoms. The number of amides is 4. The van der Waals surface area contributed by atoms with Crippen molar-refractivity contribution in [3.8, 4) is 0 Å². The van der Waals surface area contributed by atoms with Crippen molar-refractivity contribution in [2.24, 2.45) is 5.92 Å². The zero-order valence-electron chi connectivity index (χ0n) is 16.5. The number of hydrogen-bond donors (Lipinski definition) is 3. The molecule has 4 amide bonds. The monoisotopic (exact) mass is 394 g/mol. The predicted molar refractivity (Wildman–Crippen MR) is 113 cm³/mol. The van der Waals surface area contributed by atoms with E-state index in [9.17, 15) is 14.4 Å². The summed E-state index contributed by atoms with van der Waals surface area (Å²) in [4.78, 5) is 38.9. The fourth-order valence-corrected chi connectivity index (χ4v) is 3.34. The molecule has 1 saturated heterocycles. The summed E-state index contributed by atoms with van der Waals surface area (Å²) >= 11 is 0. The lowest BCUT2D eigenvalue weighted by atomic mass is 9.97. The number of carbonyl (C=O) groups excluding carboxylic acids is 3. The number of anilines is 2. The van der Waals surface area contributed by atoms with E-state index < -0.39 is 0 Å². The van der Waals surface area contributed by atoms with Crippen LogP contribution in [-0.2, 0) is 4.79 Å². The fourth-order valence-electron chi connectivity index (χ4n) is 3.34. The Morgan fingerprint density at radius 3 is 2.52 bits per heavy atom. The average Bonchev–Trinajstić information content (AvgIpc) is 2.75. The third-order valence-electron chi connectivity index (χ3n) is 4.83. The van der Waals surface area contributed by atoms with Crippen LogP contribution in [0.5, 0.6) is 0 Å². The maximum atomic E-state index is 12.7. The summed E-state index contributed by atoms with van der Waals surface area (Å²) in [6, 6.07) is 15.9. The fraction of sp³-hybridized carbons (Fsp3) is 0.318. The molecule has 2 aromatic carbocycles. The molecule has 0 radical (unpaired) electrons. The summed E-state index contributed by atoms with van der Waals surface area (Å²) in [6.45, 7) is 3.38. The molecule has 3 N–H and O–H groups in total. The quantitative estimate of drug-likeness (QED) is 0.727. The summed E-state index contributed by atoms with van der Waals surface area (Å²) in [6.07, 6.45) is 1.48. The first kappa shape index (κ1) is 20.4. The molecule has 2 aromatic rings. The second-order valence-corrected chi connectivity index (χ2v) is 7.01. The number of para-hydroxylation sites is 1. The largest absolute Gasteiger partial charge is 0.352 e. The molecule has 1 atom stereocenters. The lowest BCUT2D eigenvalue weighted by molar-refractivity contribution is -0.121. The summed E-state index contributed by atoms with van der Waals surface area (Å²) < 4.78 is 0. The standard InChI is InChI=1S/C22H26N4O3/c1-2-23-20(27)16-8-6-12-19(14-16)24-21(28)17-9-7-13-26(15-17)22(29)25-18-10-4-3-5-11-18/h3-6,8,10-12,14,17H,2,7,9,13,15H2,1H3,(H,23,27)(H,24,28)(H,25,29). The predicted octanol–water partition coefficient (Wildman–Crippen LogP) is 3.32. The molecule has 1 aliphatic heterocycles. The van der Waals surface area contributed by atoms with Crippen LogP contribution in [0.2, 0.25) is 0 Å². The van der Waals surface area contributed by atoms with Crippen molar-refractivity contribution in [2.45, 2.75) is 19.8 Å². The van der Waals surface area contributed by atoms with Crippen molar-refractivity contribution in [2.75, 3.05) is 30.3 Å². The van der Waals surface area contributed by atoms with Gasteiger partial charge < -0.3 is 20.9 Å². The SMILES string of the molecule is CCNC(=O)c1cccc(NC(=O)C2CCCN(C(=O)Nc3ccccc3)C2)c1. The van der Waals surface area contributed by atoms with Gasteiger partial charge in [-0.2, -0.15) is 0 Å². The van der Waals surface area contributed by atoms with Gasteiger partial charge in [0.1, 0.15) is 0 Å². The first-order chi connectivity index (χ1) is 14.1. The smallest absolute Gasteiger partial charge is 0.321 e. The minimum absolute atomic E-state index is 0.143. The van der Waals surface area contributed by atoms with E-state index in [0.717, 1.165) is 18.5 Å². The van der Waals surface area contributed by atoms with Crippen molar-refractivity contribution >= 4 is 29.2 Å². The molecule has 1 heterocycles. The maximum Gasteiger partial charge on any atom is 0.321 e. The Balaban J connectivity index is 1.59. The Kier molecular flexibility index (Phi) is 6.84. The molecule has 152 valence electrons. The number of hydrogen-bond acceptors (Lipinski definition) is 3. The molecule has 7 nitrogen and oxygen atoms in total. The minimum atomic E-state index is -0.293. The summed E-state index contributed by atoms with van der Waals surface area (Å²) in [5, 5.41) is 8.49. The van der Waals surface area contributed by atoms with Gasteiger partial charge in [0.25, 0.3) is 5.91 Å². The highest BCUT2D eigenvalue weighted by Gasteiger charge is 2.28. The number of piperidine rings is 1. The average molecular weight is 394 g/mol. The highest BCUT2D eigenvalue weighted by molar-refractivity contribution is 5.98. The molecule has 0 saturated carbocycles. The number of rotatable bonds is 5. The van der Waals surface area contributed by atoms with E-state index >= 15 is 0 Å². The molecular weight excluding hydrogens is 368 g/mol. The van der Waals surface area contributed by atoms with Gasteiger partial charge in [-0.25, -0.2) is 4.79 Å². The highest BCUT2D eigenvalue weighted by atomic mass is 16.2. The molecule has 3 rings (SSSR count). The zero-order chi connectivity index (χ0) is 20.6. The Morgan fingerprint density at radius 2 is 1.76 bits per heavy atom. The summed E-state index contributed by atoms with van der Waals surface area (Å²) in [5.41, 5.74) is 1.80. The number of carbonyl (C=O) groups is 3. The molecule has 0 aromatic heterocycles. The van der Waals surface area contributed by atoms with E-state index in [-0.39, 0.29) is 23.8 Å². The van der Waals surface area contributed by atoms with Crippen LogP contribution in [0.25, 0.3) is 0 Å². The van der Waals surface area contributed by atoms with Gasteiger partial charge >= 0.3 is 6.03 Å². The van der Waals surface area contributed by atoms with Crippen LogP contribution in [-0.4, -0.2) is 42.4 Å². The van der Waals surface area contributed by atoms with Gasteiger partial charge in [0.15, 0.2) is 0 Å². The Labute approximate surface area is 170 Å². The van der Waals surface area contributed by atoms with Crippen LogP contribution in [0.4, 0.5) is 16.2 Å². The Morgan fingerprint density at radius 1 is 1.00 bits per heavy atom. The molecule has 0 aliphatic carbocycles. The molecule has 29 heavy (non-hydrogen) atoms. The van der Waals surface area contributed by atoms with E-state index in [1.807, 2.05) is 37.3 Å². The van der Waals surface area contributed by atoms with Gasteiger partial charge in [-0.3, -0.25) is 9.59 Å². The third-order valence-corrected chi connectivity index (χ3v) is 4.83. The van der Waals surface area contributed by atoms with Crippen molar-refractivity contribution in [3.63, 3.8) is 0 Å². The van der Waals surface area contributed by atoms with Crippen molar-refractivity contribution in [3.05, 3.63) is 60.2 Å². The van der Waals surface area contributed by atoms with Crippen LogP contribution in [0.1, 0.15) is 30.1 Å². The van der Waals surface area contributed by atoms with Crippen LogP contribution < -0.4 is 16.0 Å². The van der Waals surface area contributed by atoms with E-state index in [0.29, 0.717) is 30.9 Å². The Hall–Kier alpha value is -3.35. The van der Waals surface area contributed by atoms with E-state index in [1.54, 1.807) is 29.2 Å². The summed E-state index contributed by atoms with van der Waals surface area (Å²) in [7, 11) is 0. The van der Waals surface area contributed by atoms with Crippen molar-refractivity contribution < 1.29 is 14.4 Å². The van der Waals surface area contributed by atoms with Gasteiger partial charge in [-0.1, -0.05) is 24.3 Å². The molecular formula is C22H26N4O3. The van der Waals surface area contributed by atoms with Crippen molar-refractivity contribution in [1.29, 1.82) is 0 Å². The number of benzene rings is 2. The highest BCUT2D eigenvalue weighted by Crippen LogP contribution is 2.20. The lowest BCUT2D eigenvalue weighted by Gasteiger charge is -2.32. The van der Waals surface area contributed by atoms with Gasteiger partial charge in [0.05, 0.1) is 5.92 Å². The van der Waals surface area contributed by atoms with E-state index in [1.165, 1.54) is 0 Å². The number of urea groups is 1. The number of likely N-dealkylation sites (tertiary alicyclic amines) is 1. The van der Waals surface area contributed by atoms with Gasteiger partial charge in [-0.05, 0) is 50.1 Å². The topological polar surface area (TPSA) is 90.5 Å². The van der Waals surface area contributed by atoms with Crippen LogP contribution in [0.15, 0.2) is 54.6 Å². The second-order valence-electron chi connectivity index (χ2n) is 7.01. The molecule has 1 fully saturated rings. The zero-order valence-corrected chi connectivity index (χ0v) is 16.5. The second kappa shape index (κ2) is 9.73. The minimum Gasteiger partial charge on any atom is -0.352 e. The summed E-state index contributed by atoms with van der Waals surface area (Å²) in [5.74, 6) is -0.612. The third kappa shape index (κ3) is 5.57. The number of nitrogens with one attached hydrogen (secondary N) is 3. The van der Waals surface area contributed by atoms with Crippen LogP contribution in [0, 0.1) is 5.92 Å². The molecule has 1 aliphatic rings. The maximum absolute atomic E-state index is 12.7. The van der Waals surface area contributed by atoms with E-state index in [2.05, 4.69) is 16.0 Å². The Bertz CT molecular complexity index is 869. The molecule has 7 heteroatoms. The van der Waals surface area contributed by atoms with E-state index in [4.69, 9.17) is 0 Å². The molecule has 0 spiro atoms. The van der Waals surface area contributed by atoms with Crippen molar-refractivity contribution in [1.82, 2.24) is 10.2 Å². The first-order valence-corrected chi connectivity index (χ1v) is 9.87. The lowest BCUT2D eigenvalue weighted by Crippen LogP contribution is -2.45. The van der Waals surface area contributed by atoms with Gasteiger partial charge in [0, 0.05) is 36.6 Å². The van der Waals surface area contributed by atoms with Gasteiger partial charge in [-0.15, -0.1) is 0 Å². The number of nitrogens with zero attached hydrogens (tertiary/aromatic N) is 1. The van der Waals surface area contributed by atoms with Crippen LogP contribution in [0.3, 0.4) is 0 Å².